The smallest absolute Gasteiger partial charge is 0.261 e. The molecule has 0 saturated heterocycles. The quantitative estimate of drug-likeness (QED) is 0.584. The molecule has 0 unspecified atom stereocenters. The minimum absolute atomic E-state index is 0.0863. The Balaban J connectivity index is 1.76. The van der Waals surface area contributed by atoms with Crippen LogP contribution in [-0.2, 0) is 11.2 Å². The van der Waals surface area contributed by atoms with Crippen molar-refractivity contribution >= 4 is 17.5 Å². The summed E-state index contributed by atoms with van der Waals surface area (Å²) in [6, 6.07) is 13.5. The average Bonchev–Trinajstić information content (AvgIpc) is 2.67. The van der Waals surface area contributed by atoms with Crippen LogP contribution in [-0.4, -0.2) is 25.2 Å². The van der Waals surface area contributed by atoms with Gasteiger partial charge in [0.15, 0.2) is 6.10 Å². The first-order valence-corrected chi connectivity index (χ1v) is 9.83. The second kappa shape index (κ2) is 10.8. The average molecular weight is 390 g/mol. The molecule has 146 valence electrons. The summed E-state index contributed by atoms with van der Waals surface area (Å²) in [7, 11) is 0. The zero-order chi connectivity index (χ0) is 19.6. The number of ether oxygens (including phenoxy) is 2. The monoisotopic (exact) mass is 389 g/mol. The Hall–Kier alpha value is -2.20. The lowest BCUT2D eigenvalue weighted by Gasteiger charge is -2.18. The lowest BCUT2D eigenvalue weighted by atomic mass is 10.1. The molecule has 0 fully saturated rings. The van der Waals surface area contributed by atoms with Crippen molar-refractivity contribution in [2.45, 2.75) is 46.1 Å². The van der Waals surface area contributed by atoms with Gasteiger partial charge in [0, 0.05) is 11.6 Å². The van der Waals surface area contributed by atoms with Crippen LogP contribution in [0, 0.1) is 6.92 Å². The summed E-state index contributed by atoms with van der Waals surface area (Å²) < 4.78 is 11.3. The van der Waals surface area contributed by atoms with E-state index in [2.05, 4.69) is 17.4 Å². The summed E-state index contributed by atoms with van der Waals surface area (Å²) >= 11 is 6.03. The van der Waals surface area contributed by atoms with Gasteiger partial charge in [-0.15, -0.1) is 0 Å². The third kappa shape index (κ3) is 6.79. The van der Waals surface area contributed by atoms with E-state index in [4.69, 9.17) is 21.1 Å². The lowest BCUT2D eigenvalue weighted by molar-refractivity contribution is -0.128. The van der Waals surface area contributed by atoms with Crippen LogP contribution in [0.15, 0.2) is 42.5 Å². The van der Waals surface area contributed by atoms with E-state index in [9.17, 15) is 4.79 Å². The van der Waals surface area contributed by atoms with E-state index in [1.54, 1.807) is 12.1 Å². The first kappa shape index (κ1) is 21.1. The maximum atomic E-state index is 12.4. The number of hydrogen-bond acceptors (Lipinski definition) is 3. The second-order valence-corrected chi connectivity index (χ2v) is 6.80. The maximum Gasteiger partial charge on any atom is 0.261 e. The lowest BCUT2D eigenvalue weighted by Crippen LogP contribution is -2.38. The first-order valence-electron chi connectivity index (χ1n) is 9.45. The normalized spacial score (nSPS) is 11.7. The van der Waals surface area contributed by atoms with Gasteiger partial charge in [0.25, 0.3) is 5.91 Å². The van der Waals surface area contributed by atoms with Gasteiger partial charge < -0.3 is 14.8 Å². The van der Waals surface area contributed by atoms with E-state index in [-0.39, 0.29) is 5.91 Å². The van der Waals surface area contributed by atoms with E-state index in [0.29, 0.717) is 30.3 Å². The Morgan fingerprint density at radius 2 is 1.81 bits per heavy atom. The van der Waals surface area contributed by atoms with Crippen LogP contribution in [0.3, 0.4) is 0 Å². The molecule has 2 aromatic rings. The fourth-order valence-electron chi connectivity index (χ4n) is 2.71. The summed E-state index contributed by atoms with van der Waals surface area (Å²) in [4.78, 5) is 12.4. The van der Waals surface area contributed by atoms with Gasteiger partial charge in [-0.3, -0.25) is 4.79 Å². The Kier molecular flexibility index (Phi) is 8.46. The molecule has 1 N–H and O–H groups in total. The highest BCUT2D eigenvalue weighted by Gasteiger charge is 2.18. The van der Waals surface area contributed by atoms with Gasteiger partial charge in [0.05, 0.1) is 6.61 Å². The summed E-state index contributed by atoms with van der Waals surface area (Å²) in [5, 5.41) is 3.66. The van der Waals surface area contributed by atoms with Crippen LogP contribution < -0.4 is 14.8 Å². The van der Waals surface area contributed by atoms with Crippen LogP contribution in [0.25, 0.3) is 0 Å². The molecule has 0 radical (unpaired) electrons. The minimum atomic E-state index is -0.504. The highest BCUT2D eigenvalue weighted by Crippen LogP contribution is 2.22. The fraction of sp³-hybridized carbons (Fsp3) is 0.409. The van der Waals surface area contributed by atoms with Crippen molar-refractivity contribution in [2.75, 3.05) is 13.2 Å². The van der Waals surface area contributed by atoms with Crippen LogP contribution in [0.2, 0.25) is 5.02 Å². The van der Waals surface area contributed by atoms with Crippen LogP contribution in [0.5, 0.6) is 11.5 Å². The van der Waals surface area contributed by atoms with Gasteiger partial charge in [0.1, 0.15) is 11.5 Å². The Bertz CT molecular complexity index is 731. The Labute approximate surface area is 166 Å². The number of carbonyl (C=O) groups excluding carboxylic acids is 1. The molecule has 0 heterocycles. The van der Waals surface area contributed by atoms with E-state index < -0.39 is 6.10 Å². The topological polar surface area (TPSA) is 47.6 Å². The molecular formula is C22H28ClNO3. The van der Waals surface area contributed by atoms with Crippen molar-refractivity contribution < 1.29 is 14.3 Å². The molecule has 0 spiro atoms. The predicted octanol–water partition coefficient (Wildman–Crippen LogP) is 4.95. The van der Waals surface area contributed by atoms with Gasteiger partial charge in [-0.1, -0.05) is 30.7 Å². The number of aryl methyl sites for hydroxylation is 2. The number of amides is 1. The molecule has 2 aromatic carbocycles. The van der Waals surface area contributed by atoms with Crippen molar-refractivity contribution in [3.05, 3.63) is 58.6 Å². The standard InChI is InChI=1S/C22H28ClNO3/c1-4-21(27-19-12-13-20(23)16(3)15-19)22(25)24-14-6-7-17-8-10-18(11-9-17)26-5-2/h8-13,15,21H,4-7,14H2,1-3H3,(H,24,25)/t21-/m1/s1. The molecule has 1 amide bonds. The molecule has 1 atom stereocenters. The van der Waals surface area contributed by atoms with E-state index in [0.717, 1.165) is 24.2 Å². The Morgan fingerprint density at radius 3 is 2.44 bits per heavy atom. The van der Waals surface area contributed by atoms with Crippen molar-refractivity contribution in [1.29, 1.82) is 0 Å². The third-order valence-corrected chi connectivity index (χ3v) is 4.67. The molecule has 0 aliphatic heterocycles. The third-order valence-electron chi connectivity index (χ3n) is 4.25. The zero-order valence-corrected chi connectivity index (χ0v) is 17.0. The molecule has 0 aliphatic rings. The van der Waals surface area contributed by atoms with Crippen LogP contribution >= 0.6 is 11.6 Å². The molecule has 4 nitrogen and oxygen atoms in total. The van der Waals surface area contributed by atoms with E-state index in [1.807, 2.05) is 39.0 Å². The molecular weight excluding hydrogens is 362 g/mol. The van der Waals surface area contributed by atoms with Gasteiger partial charge in [-0.25, -0.2) is 0 Å². The number of benzene rings is 2. The molecule has 5 heteroatoms. The van der Waals surface area contributed by atoms with Crippen LogP contribution in [0.1, 0.15) is 37.8 Å². The molecule has 27 heavy (non-hydrogen) atoms. The second-order valence-electron chi connectivity index (χ2n) is 6.40. The van der Waals surface area contributed by atoms with Crippen LogP contribution in [0.4, 0.5) is 0 Å². The number of nitrogens with one attached hydrogen (secondary N) is 1. The summed E-state index contributed by atoms with van der Waals surface area (Å²) in [5.74, 6) is 1.46. The summed E-state index contributed by atoms with van der Waals surface area (Å²) in [5.41, 5.74) is 2.16. The Morgan fingerprint density at radius 1 is 1.11 bits per heavy atom. The van der Waals surface area contributed by atoms with Crippen molar-refractivity contribution in [3.63, 3.8) is 0 Å². The number of halogens is 1. The molecule has 0 aliphatic carbocycles. The number of hydrogen-bond donors (Lipinski definition) is 1. The SMILES string of the molecule is CCOc1ccc(CCCNC(=O)[C@@H](CC)Oc2ccc(Cl)c(C)c2)cc1. The summed E-state index contributed by atoms with van der Waals surface area (Å²) in [6.07, 6.45) is 1.87. The fourth-order valence-corrected chi connectivity index (χ4v) is 2.83. The largest absolute Gasteiger partial charge is 0.494 e. The number of carbonyl (C=O) groups is 1. The molecule has 0 bridgehead atoms. The van der Waals surface area contributed by atoms with E-state index >= 15 is 0 Å². The molecule has 0 aromatic heterocycles. The predicted molar refractivity (Wildman–Crippen MR) is 110 cm³/mol. The molecule has 0 saturated carbocycles. The maximum absolute atomic E-state index is 12.4. The van der Waals surface area contributed by atoms with Gasteiger partial charge in [-0.2, -0.15) is 0 Å². The highest BCUT2D eigenvalue weighted by molar-refractivity contribution is 6.31. The van der Waals surface area contributed by atoms with E-state index in [1.165, 1.54) is 5.56 Å². The van der Waals surface area contributed by atoms with Gasteiger partial charge >= 0.3 is 0 Å². The summed E-state index contributed by atoms with van der Waals surface area (Å²) in [6.45, 7) is 7.11. The molecule has 2 rings (SSSR count). The first-order chi connectivity index (χ1) is 13.0. The van der Waals surface area contributed by atoms with Crippen molar-refractivity contribution in [2.24, 2.45) is 0 Å². The van der Waals surface area contributed by atoms with Crippen molar-refractivity contribution in [3.8, 4) is 11.5 Å². The van der Waals surface area contributed by atoms with Crippen molar-refractivity contribution in [1.82, 2.24) is 5.32 Å². The van der Waals surface area contributed by atoms with Gasteiger partial charge in [-0.05, 0) is 74.6 Å². The zero-order valence-electron chi connectivity index (χ0n) is 16.3. The highest BCUT2D eigenvalue weighted by atomic mass is 35.5. The minimum Gasteiger partial charge on any atom is -0.494 e. The number of rotatable bonds is 10. The van der Waals surface area contributed by atoms with Gasteiger partial charge in [0.2, 0.25) is 0 Å².